The van der Waals surface area contributed by atoms with Crippen LogP contribution in [0.2, 0.25) is 0 Å². The third-order valence-corrected chi connectivity index (χ3v) is 0. The van der Waals surface area contributed by atoms with Crippen molar-refractivity contribution in [2.24, 2.45) is 0 Å². The molecule has 4 heavy (non-hydrogen) atoms. The maximum Gasteiger partial charge on any atom is 0 e. The van der Waals surface area contributed by atoms with E-state index in [9.17, 15) is 0 Å². The van der Waals surface area contributed by atoms with Crippen LogP contribution in [0.1, 0.15) is 0 Å². The summed E-state index contributed by atoms with van der Waals surface area (Å²) in [5, 5.41) is 12.0. The molecule has 0 heterocycles. The zero-order valence-corrected chi connectivity index (χ0v) is 5.60. The normalized spacial score (nSPS) is 1.50. The van der Waals surface area contributed by atoms with Crippen LogP contribution in [-0.2, 0) is 44.1 Å². The van der Waals surface area contributed by atoms with Crippen molar-refractivity contribution in [2.45, 2.75) is 0 Å². The van der Waals surface area contributed by atoms with Crippen molar-refractivity contribution >= 4 is 0 Å². The van der Waals surface area contributed by atoms with Crippen molar-refractivity contribution in [3.8, 4) is 0 Å². The minimum atomic E-state index is 0. The Morgan fingerprint density at radius 2 is 1.00 bits per heavy atom. The van der Waals surface area contributed by atoms with Crippen molar-refractivity contribution in [3.05, 3.63) is 0 Å². The summed E-state index contributed by atoms with van der Waals surface area (Å²) in [4.78, 5) is 0. The maximum absolute atomic E-state index is 6.00. The number of hydrogen-bond acceptors (Lipinski definition) is 2. The average Bonchev–Trinajstić information content (AvgIpc) is 1.00. The molecule has 0 aliphatic carbocycles. The number of hydrogen-bond donors (Lipinski definition) is 2. The fraction of sp³-hybridized carbons (Fsp3) is 0. The molecule has 0 aliphatic heterocycles. The number of rotatable bonds is 0. The van der Waals surface area contributed by atoms with Gasteiger partial charge in [-0.1, -0.05) is 0 Å². The van der Waals surface area contributed by atoms with Crippen LogP contribution in [0.15, 0.2) is 0 Å². The Labute approximate surface area is 54.5 Å². The molecule has 0 saturated heterocycles. The molecule has 0 bridgehead atoms. The summed E-state index contributed by atoms with van der Waals surface area (Å²) in [7, 11) is 0. The van der Waals surface area contributed by atoms with Crippen molar-refractivity contribution in [1.29, 1.82) is 0 Å². The molecule has 0 saturated carbocycles. The molecule has 2 nitrogen and oxygen atoms in total. The summed E-state index contributed by atoms with van der Waals surface area (Å²) in [6.07, 6.45) is 0. The van der Waals surface area contributed by atoms with Crippen LogP contribution in [0.4, 0.5) is 0 Å². The van der Waals surface area contributed by atoms with Gasteiger partial charge in [0.05, 0.1) is 0 Å². The summed E-state index contributed by atoms with van der Waals surface area (Å²) in [6, 6.07) is 0. The van der Waals surface area contributed by atoms with E-state index >= 15 is 0 Å². The minimum Gasteiger partial charge on any atom is -0.255 e. The second kappa shape index (κ2) is 26.4. The Morgan fingerprint density at radius 1 is 1.00 bits per heavy atom. The quantitative estimate of drug-likeness (QED) is 0.309. The molecule has 4 heteroatoms. The van der Waals surface area contributed by atoms with Gasteiger partial charge in [-0.3, -0.25) is 10.5 Å². The van der Waals surface area contributed by atoms with Crippen molar-refractivity contribution in [3.63, 3.8) is 0 Å². The van der Waals surface area contributed by atoms with Gasteiger partial charge in [-0.15, -0.1) is 0 Å². The summed E-state index contributed by atoms with van der Waals surface area (Å²) in [5.41, 5.74) is 0. The van der Waals surface area contributed by atoms with Gasteiger partial charge in [0.2, 0.25) is 0 Å². The first-order chi connectivity index (χ1) is 1.00. The Bertz CT molecular complexity index is 6.00. The van der Waals surface area contributed by atoms with E-state index in [1.165, 1.54) is 0 Å². The monoisotopic (exact) mass is 175 g/mol. The van der Waals surface area contributed by atoms with E-state index in [-0.39, 0.29) is 44.1 Å². The van der Waals surface area contributed by atoms with E-state index in [2.05, 4.69) is 0 Å². The van der Waals surface area contributed by atoms with Crippen LogP contribution in [0.3, 0.4) is 0 Å². The predicted octanol–water partition coefficient (Wildman–Crippen LogP) is 0.0124. The second-order valence-electron chi connectivity index (χ2n) is 0. The summed E-state index contributed by atoms with van der Waals surface area (Å²) >= 11 is 0. The second-order valence-corrected chi connectivity index (χ2v) is 0. The van der Waals surface area contributed by atoms with Crippen LogP contribution in [0, 0.1) is 0 Å². The summed E-state index contributed by atoms with van der Waals surface area (Å²) in [6.45, 7) is 0. The van der Waals surface area contributed by atoms with E-state index in [1.807, 2.05) is 0 Å². The Morgan fingerprint density at radius 3 is 1.00 bits per heavy atom. The largest absolute Gasteiger partial charge is 0.255 e. The first kappa shape index (κ1) is 18.2. The minimum absolute atomic E-state index is 0. The molecule has 1 radical (unpaired) electrons. The van der Waals surface area contributed by atoms with Crippen LogP contribution in [-0.4, -0.2) is 10.5 Å². The van der Waals surface area contributed by atoms with Gasteiger partial charge < -0.3 is 0 Å². The molecule has 0 aromatic heterocycles. The van der Waals surface area contributed by atoms with Gasteiger partial charge in [-0.2, -0.15) is 0 Å². The fourth-order valence-electron chi connectivity index (χ4n) is 0. The van der Waals surface area contributed by atoms with Gasteiger partial charge in [-0.25, -0.2) is 0 Å². The van der Waals surface area contributed by atoms with Gasteiger partial charge in [-0.05, 0) is 0 Å². The molecule has 0 rings (SSSR count). The Balaban J connectivity index is -0.00000000500. The van der Waals surface area contributed by atoms with E-state index in [0.29, 0.717) is 0 Å². The predicted molar refractivity (Wildman–Crippen MR) is 5.26 cm³/mol. The molecule has 0 spiro atoms. The van der Waals surface area contributed by atoms with E-state index in [0.717, 1.165) is 0 Å². The van der Waals surface area contributed by atoms with Gasteiger partial charge >= 0.3 is 0 Å². The molecule has 0 atom stereocenters. The average molecular weight is 175 g/mol. The van der Waals surface area contributed by atoms with Gasteiger partial charge in [0.15, 0.2) is 0 Å². The first-order valence-corrected chi connectivity index (χ1v) is 0.200. The summed E-state index contributed by atoms with van der Waals surface area (Å²) < 4.78 is 0. The first-order valence-electron chi connectivity index (χ1n) is 0.200. The molecule has 0 aliphatic rings. The van der Waals surface area contributed by atoms with Crippen LogP contribution in [0.5, 0.6) is 0 Å². The van der Waals surface area contributed by atoms with Gasteiger partial charge in [0.25, 0.3) is 0 Å². The van der Waals surface area contributed by atoms with Crippen molar-refractivity contribution in [1.82, 2.24) is 0 Å². The fourth-order valence-corrected chi connectivity index (χ4v) is 0. The third-order valence-electron chi connectivity index (χ3n) is 0. The zero-order chi connectivity index (χ0) is 2.00. The van der Waals surface area contributed by atoms with Crippen LogP contribution >= 0.6 is 0 Å². The molecule has 0 unspecified atom stereocenters. The summed E-state index contributed by atoms with van der Waals surface area (Å²) in [5.74, 6) is 0. The smallest absolute Gasteiger partial charge is 0 e. The molecule has 2 N–H and O–H groups in total. The van der Waals surface area contributed by atoms with E-state index < -0.39 is 0 Å². The SMILES string of the molecule is OO.[Nb].[Ti]. The van der Waals surface area contributed by atoms with Gasteiger partial charge in [0, 0.05) is 44.1 Å². The molecule has 0 fully saturated rings. The molecule has 23 valence electrons. The molecular formula is H2NbO2Ti. The van der Waals surface area contributed by atoms with Gasteiger partial charge in [0.1, 0.15) is 0 Å². The van der Waals surface area contributed by atoms with Crippen molar-refractivity contribution < 1.29 is 54.6 Å². The van der Waals surface area contributed by atoms with Crippen LogP contribution < -0.4 is 0 Å². The standard InChI is InChI=1S/Nb.H2O2.Ti/c;1-2;/h;1-2H;. The van der Waals surface area contributed by atoms with E-state index in [4.69, 9.17) is 10.5 Å². The Kier molecular flexibility index (Phi) is 120. The van der Waals surface area contributed by atoms with Crippen LogP contribution in [0.25, 0.3) is 0 Å². The topological polar surface area (TPSA) is 40.5 Å². The Hall–Kier alpha value is 1.37. The molecule has 0 aromatic rings. The van der Waals surface area contributed by atoms with E-state index in [1.54, 1.807) is 0 Å². The van der Waals surface area contributed by atoms with Crippen molar-refractivity contribution in [2.75, 3.05) is 0 Å². The molecule has 0 amide bonds. The molecule has 0 aromatic carbocycles. The molecular weight excluding hydrogens is 173 g/mol. The third kappa shape index (κ3) is 10.1. The zero-order valence-electron chi connectivity index (χ0n) is 1.84. The maximum atomic E-state index is 6.00.